The van der Waals surface area contributed by atoms with Gasteiger partial charge in [-0.2, -0.15) is 0 Å². The maximum atomic E-state index is 12.1. The minimum absolute atomic E-state index is 0.223. The fraction of sp³-hybridized carbons (Fsp3) is 0.167. The Hall–Kier alpha value is -0.890. The van der Waals surface area contributed by atoms with E-state index in [0.29, 0.717) is 11.4 Å². The zero-order valence-electron chi connectivity index (χ0n) is 9.75. The van der Waals surface area contributed by atoms with Crippen LogP contribution in [0.4, 0.5) is 5.88 Å². The zero-order chi connectivity index (χ0) is 13.3. The molecular weight excluding hydrogens is 411 g/mol. The molecule has 1 heterocycles. The minimum Gasteiger partial charge on any atom is -0.338 e. The summed E-state index contributed by atoms with van der Waals surface area (Å²) in [6, 6.07) is 5.57. The van der Waals surface area contributed by atoms with Gasteiger partial charge >= 0.3 is 0 Å². The molecule has 6 heteroatoms. The zero-order valence-corrected chi connectivity index (χ0v) is 13.5. The Bertz CT molecular complexity index is 610. The lowest BCUT2D eigenvalue weighted by Crippen LogP contribution is -2.13. The average molecular weight is 421 g/mol. The number of aryl methyl sites for hydroxylation is 1. The van der Waals surface area contributed by atoms with E-state index in [9.17, 15) is 4.79 Å². The normalized spacial score (nSPS) is 10.4. The predicted octanol–water partition coefficient (Wildman–Crippen LogP) is 3.91. The van der Waals surface area contributed by atoms with Gasteiger partial charge in [-0.3, -0.25) is 10.1 Å². The van der Waals surface area contributed by atoms with Gasteiger partial charge < -0.3 is 4.52 Å². The molecular formula is C12H10BrIN2O2. The topological polar surface area (TPSA) is 55.1 Å². The molecule has 4 nitrogen and oxygen atoms in total. The first-order valence-corrected chi connectivity index (χ1v) is 7.05. The number of carbonyl (C=O) groups excluding carboxylic acids is 1. The summed E-state index contributed by atoms with van der Waals surface area (Å²) in [5.74, 6) is 0.169. The standard InChI is InChI=1S/C12H10BrIN2O2/c1-6-7(2)16-18-12(6)15-11(17)9-5-8(14)3-4-10(9)13/h3-5H,1-2H3,(H,15,17). The van der Waals surface area contributed by atoms with Crippen molar-refractivity contribution in [2.24, 2.45) is 0 Å². The van der Waals surface area contributed by atoms with Crippen LogP contribution in [0.3, 0.4) is 0 Å². The van der Waals surface area contributed by atoms with Gasteiger partial charge in [0.15, 0.2) is 0 Å². The summed E-state index contributed by atoms with van der Waals surface area (Å²) in [6.07, 6.45) is 0. The fourth-order valence-electron chi connectivity index (χ4n) is 1.37. The summed E-state index contributed by atoms with van der Waals surface area (Å²) >= 11 is 5.52. The summed E-state index contributed by atoms with van der Waals surface area (Å²) in [5, 5.41) is 6.51. The number of halogens is 2. The third kappa shape index (κ3) is 2.74. The van der Waals surface area contributed by atoms with E-state index in [4.69, 9.17) is 4.52 Å². The molecule has 0 aliphatic rings. The molecule has 18 heavy (non-hydrogen) atoms. The van der Waals surface area contributed by atoms with Crippen molar-refractivity contribution in [3.05, 3.63) is 43.1 Å². The van der Waals surface area contributed by atoms with Gasteiger partial charge in [0.1, 0.15) is 0 Å². The molecule has 1 aromatic carbocycles. The van der Waals surface area contributed by atoms with Crippen molar-refractivity contribution in [2.45, 2.75) is 13.8 Å². The monoisotopic (exact) mass is 420 g/mol. The molecule has 0 saturated heterocycles. The average Bonchev–Trinajstić information content (AvgIpc) is 2.64. The Morgan fingerprint density at radius 3 is 2.78 bits per heavy atom. The Morgan fingerprint density at radius 1 is 1.44 bits per heavy atom. The van der Waals surface area contributed by atoms with Gasteiger partial charge in [0.2, 0.25) is 5.88 Å². The number of aromatic nitrogens is 1. The molecule has 0 fully saturated rings. The Kier molecular flexibility index (Phi) is 4.06. The molecule has 1 amide bonds. The number of carbonyl (C=O) groups is 1. The lowest BCUT2D eigenvalue weighted by atomic mass is 10.2. The second-order valence-electron chi connectivity index (χ2n) is 3.80. The van der Waals surface area contributed by atoms with E-state index in [0.717, 1.165) is 19.3 Å². The van der Waals surface area contributed by atoms with Crippen LogP contribution in [0, 0.1) is 17.4 Å². The first-order chi connectivity index (χ1) is 8.49. The number of anilines is 1. The summed E-state index contributed by atoms with van der Waals surface area (Å²) in [6.45, 7) is 3.68. The molecule has 1 aromatic heterocycles. The van der Waals surface area contributed by atoms with Gasteiger partial charge in [-0.05, 0) is 70.6 Å². The van der Waals surface area contributed by atoms with Crippen molar-refractivity contribution in [1.82, 2.24) is 5.16 Å². The van der Waals surface area contributed by atoms with Gasteiger partial charge in [-0.1, -0.05) is 5.16 Å². The van der Waals surface area contributed by atoms with Crippen molar-refractivity contribution < 1.29 is 9.32 Å². The first kappa shape index (κ1) is 13.5. The number of hydrogen-bond acceptors (Lipinski definition) is 3. The van der Waals surface area contributed by atoms with Crippen LogP contribution >= 0.6 is 38.5 Å². The SMILES string of the molecule is Cc1noc(NC(=O)c2cc(I)ccc2Br)c1C. The molecule has 0 aliphatic heterocycles. The van der Waals surface area contributed by atoms with Crippen molar-refractivity contribution in [3.8, 4) is 0 Å². The molecule has 0 radical (unpaired) electrons. The highest BCUT2D eigenvalue weighted by atomic mass is 127. The third-order valence-corrected chi connectivity index (χ3v) is 3.92. The smallest absolute Gasteiger partial charge is 0.259 e. The Morgan fingerprint density at radius 2 is 2.17 bits per heavy atom. The summed E-state index contributed by atoms with van der Waals surface area (Å²) < 4.78 is 6.79. The number of benzene rings is 1. The lowest BCUT2D eigenvalue weighted by Gasteiger charge is -2.05. The molecule has 0 bridgehead atoms. The summed E-state index contributed by atoms with van der Waals surface area (Å²) in [5.41, 5.74) is 2.17. The molecule has 0 unspecified atom stereocenters. The highest BCUT2D eigenvalue weighted by Gasteiger charge is 2.15. The number of hydrogen-bond donors (Lipinski definition) is 1. The summed E-state index contributed by atoms with van der Waals surface area (Å²) in [4.78, 5) is 12.1. The molecule has 0 atom stereocenters. The minimum atomic E-state index is -0.223. The van der Waals surface area contributed by atoms with E-state index in [1.165, 1.54) is 0 Å². The van der Waals surface area contributed by atoms with Gasteiger partial charge in [0, 0.05) is 13.6 Å². The molecule has 2 aromatic rings. The van der Waals surface area contributed by atoms with Crippen molar-refractivity contribution >= 4 is 50.3 Å². The number of nitrogens with one attached hydrogen (secondary N) is 1. The predicted molar refractivity (Wildman–Crippen MR) is 80.8 cm³/mol. The molecule has 94 valence electrons. The Labute approximate surface area is 126 Å². The van der Waals surface area contributed by atoms with Crippen LogP contribution < -0.4 is 5.32 Å². The van der Waals surface area contributed by atoms with Crippen LogP contribution in [0.5, 0.6) is 0 Å². The number of rotatable bonds is 2. The number of amides is 1. The highest BCUT2D eigenvalue weighted by molar-refractivity contribution is 14.1. The van der Waals surface area contributed by atoms with E-state index in [1.54, 1.807) is 6.07 Å². The second kappa shape index (κ2) is 5.40. The van der Waals surface area contributed by atoms with E-state index in [1.807, 2.05) is 26.0 Å². The maximum absolute atomic E-state index is 12.1. The van der Waals surface area contributed by atoms with Gasteiger partial charge in [-0.15, -0.1) is 0 Å². The largest absolute Gasteiger partial charge is 0.338 e. The van der Waals surface area contributed by atoms with E-state index in [2.05, 4.69) is 49.0 Å². The van der Waals surface area contributed by atoms with Crippen LogP contribution in [-0.2, 0) is 0 Å². The van der Waals surface area contributed by atoms with Gasteiger partial charge in [0.05, 0.1) is 11.3 Å². The summed E-state index contributed by atoms with van der Waals surface area (Å²) in [7, 11) is 0. The molecule has 1 N–H and O–H groups in total. The molecule has 0 aliphatic carbocycles. The van der Waals surface area contributed by atoms with Crippen LogP contribution in [0.2, 0.25) is 0 Å². The van der Waals surface area contributed by atoms with E-state index >= 15 is 0 Å². The Balaban J connectivity index is 2.27. The molecule has 0 spiro atoms. The molecule has 0 saturated carbocycles. The van der Waals surface area contributed by atoms with Crippen molar-refractivity contribution in [1.29, 1.82) is 0 Å². The first-order valence-electron chi connectivity index (χ1n) is 5.18. The quantitative estimate of drug-likeness (QED) is 0.749. The van der Waals surface area contributed by atoms with Crippen LogP contribution in [0.1, 0.15) is 21.6 Å². The van der Waals surface area contributed by atoms with Crippen molar-refractivity contribution in [2.75, 3.05) is 5.32 Å². The molecule has 2 rings (SSSR count). The van der Waals surface area contributed by atoms with Crippen LogP contribution in [0.25, 0.3) is 0 Å². The van der Waals surface area contributed by atoms with E-state index < -0.39 is 0 Å². The van der Waals surface area contributed by atoms with Gasteiger partial charge in [-0.25, -0.2) is 0 Å². The maximum Gasteiger partial charge on any atom is 0.259 e. The highest BCUT2D eigenvalue weighted by Crippen LogP contribution is 2.23. The third-order valence-electron chi connectivity index (χ3n) is 2.56. The lowest BCUT2D eigenvalue weighted by molar-refractivity contribution is 0.102. The van der Waals surface area contributed by atoms with Crippen LogP contribution in [0.15, 0.2) is 27.2 Å². The van der Waals surface area contributed by atoms with Crippen molar-refractivity contribution in [3.63, 3.8) is 0 Å². The van der Waals surface area contributed by atoms with Gasteiger partial charge in [0.25, 0.3) is 5.91 Å². The van der Waals surface area contributed by atoms with E-state index in [-0.39, 0.29) is 5.91 Å². The van der Waals surface area contributed by atoms with Crippen LogP contribution in [-0.4, -0.2) is 11.1 Å². The number of nitrogens with zero attached hydrogens (tertiary/aromatic N) is 1. The second-order valence-corrected chi connectivity index (χ2v) is 5.90. The fourth-order valence-corrected chi connectivity index (χ4v) is 2.29.